The van der Waals surface area contributed by atoms with Crippen LogP contribution in [-0.4, -0.2) is 35.9 Å². The van der Waals surface area contributed by atoms with Crippen molar-refractivity contribution < 1.29 is 14.6 Å². The lowest BCUT2D eigenvalue weighted by atomic mass is 9.92. The molecular weight excluding hydrogens is 592 g/mol. The van der Waals surface area contributed by atoms with Gasteiger partial charge in [-0.25, -0.2) is 19.4 Å². The smallest absolute Gasteiger partial charge is 0.324 e. The number of benzene rings is 3. The Labute approximate surface area is 272 Å². The number of carbonyl (C=O) groups is 1. The molecule has 0 saturated carbocycles. The fourth-order valence-corrected chi connectivity index (χ4v) is 4.92. The van der Waals surface area contributed by atoms with Crippen molar-refractivity contribution >= 4 is 39.9 Å². The summed E-state index contributed by atoms with van der Waals surface area (Å²) in [6.45, 7) is 8.43. The van der Waals surface area contributed by atoms with E-state index in [1.54, 1.807) is 17.1 Å². The Morgan fingerprint density at radius 2 is 1.66 bits per heavy atom. The number of hydrogen-bond donors (Lipinski definition) is 4. The Morgan fingerprint density at radius 3 is 2.38 bits per heavy atom. The number of aliphatic hydroxyl groups is 1. The molecule has 0 radical (unpaired) electrons. The molecule has 3 aromatic carbocycles. The third-order valence-electron chi connectivity index (χ3n) is 7.47. The number of nitrogens with zero attached hydrogens (tertiary/aromatic N) is 5. The van der Waals surface area contributed by atoms with Crippen molar-refractivity contribution in [3.63, 3.8) is 0 Å². The van der Waals surface area contributed by atoms with E-state index in [2.05, 4.69) is 51.7 Å². The zero-order valence-corrected chi connectivity index (χ0v) is 26.7. The molecule has 2 amide bonds. The molecule has 6 aromatic rings. The maximum absolute atomic E-state index is 13.4. The van der Waals surface area contributed by atoms with Crippen LogP contribution >= 0.6 is 0 Å². The van der Waals surface area contributed by atoms with Crippen LogP contribution < -0.4 is 20.7 Å². The molecule has 0 aliphatic rings. The fraction of sp³-hybridized carbons (Fsp3) is 0.194. The molecule has 0 bridgehead atoms. The summed E-state index contributed by atoms with van der Waals surface area (Å²) in [5.41, 5.74) is 4.69. The average Bonchev–Trinajstić information content (AvgIpc) is 3.49. The average molecular weight is 629 g/mol. The number of rotatable bonds is 9. The third kappa shape index (κ3) is 7.37. The van der Waals surface area contributed by atoms with Crippen LogP contribution in [0.4, 0.5) is 27.9 Å². The second kappa shape index (κ2) is 13.3. The van der Waals surface area contributed by atoms with Gasteiger partial charge in [0.2, 0.25) is 0 Å². The van der Waals surface area contributed by atoms with Gasteiger partial charge in [0.25, 0.3) is 0 Å². The molecule has 4 N–H and O–H groups in total. The molecule has 0 aliphatic heterocycles. The number of anilines is 4. The van der Waals surface area contributed by atoms with Gasteiger partial charge >= 0.3 is 6.03 Å². The normalized spacial score (nSPS) is 11.3. The largest absolute Gasteiger partial charge is 0.488 e. The van der Waals surface area contributed by atoms with E-state index in [1.807, 2.05) is 85.8 Å². The molecule has 11 nitrogen and oxygen atoms in total. The van der Waals surface area contributed by atoms with Crippen molar-refractivity contribution in [3.05, 3.63) is 120 Å². The summed E-state index contributed by atoms with van der Waals surface area (Å²) in [6, 6.07) is 24.7. The van der Waals surface area contributed by atoms with E-state index in [-0.39, 0.29) is 18.1 Å². The fourth-order valence-electron chi connectivity index (χ4n) is 4.92. The molecule has 0 aliphatic carbocycles. The quantitative estimate of drug-likeness (QED) is 0.131. The number of amides is 2. The van der Waals surface area contributed by atoms with E-state index in [9.17, 15) is 9.90 Å². The highest BCUT2D eigenvalue weighted by molar-refractivity contribution is 6.07. The standard InChI is InChI=1S/C36H36N8O3/c1-23-9-11-26(12-10-23)44-34(18-31(43-44)36(2,3)4)42-35(46)40-29-13-14-30(28-8-6-5-7-27(28)29)47-22-24-15-16-37-32(17-24)41-33-20-38-25(21-45)19-39-33/h5-20,45H,21-22H2,1-4H3,(H,37,39,41)(H2,40,42,46). The van der Waals surface area contributed by atoms with Gasteiger partial charge in [0.05, 0.1) is 41.8 Å². The summed E-state index contributed by atoms with van der Waals surface area (Å²) in [4.78, 5) is 26.1. The predicted molar refractivity (Wildman–Crippen MR) is 183 cm³/mol. The van der Waals surface area contributed by atoms with E-state index < -0.39 is 0 Å². The van der Waals surface area contributed by atoms with Crippen molar-refractivity contribution in [2.45, 2.75) is 46.3 Å². The van der Waals surface area contributed by atoms with Crippen molar-refractivity contribution in [1.29, 1.82) is 0 Å². The molecule has 0 atom stereocenters. The Morgan fingerprint density at radius 1 is 0.872 bits per heavy atom. The highest BCUT2D eigenvalue weighted by Gasteiger charge is 2.22. The number of pyridine rings is 1. The van der Waals surface area contributed by atoms with Crippen LogP contribution in [0.25, 0.3) is 16.5 Å². The number of ether oxygens (including phenoxy) is 1. The van der Waals surface area contributed by atoms with Crippen LogP contribution in [0.2, 0.25) is 0 Å². The number of carbonyl (C=O) groups excluding carboxylic acids is 1. The second-order valence-electron chi connectivity index (χ2n) is 12.2. The molecule has 0 unspecified atom stereocenters. The van der Waals surface area contributed by atoms with Gasteiger partial charge in [-0.05, 0) is 48.9 Å². The minimum atomic E-state index is -0.384. The molecule has 6 rings (SSSR count). The van der Waals surface area contributed by atoms with Gasteiger partial charge in [0, 0.05) is 28.5 Å². The second-order valence-corrected chi connectivity index (χ2v) is 12.2. The predicted octanol–water partition coefficient (Wildman–Crippen LogP) is 7.28. The van der Waals surface area contributed by atoms with Crippen LogP contribution in [0.1, 0.15) is 43.3 Å². The summed E-state index contributed by atoms with van der Waals surface area (Å²) in [7, 11) is 0. The number of urea groups is 1. The maximum Gasteiger partial charge on any atom is 0.324 e. The lowest BCUT2D eigenvalue weighted by molar-refractivity contribution is 0.262. The van der Waals surface area contributed by atoms with E-state index in [1.165, 1.54) is 6.20 Å². The zero-order valence-electron chi connectivity index (χ0n) is 26.7. The van der Waals surface area contributed by atoms with E-state index in [0.717, 1.165) is 33.3 Å². The lowest BCUT2D eigenvalue weighted by Gasteiger charge is -2.15. The van der Waals surface area contributed by atoms with E-state index >= 15 is 0 Å². The summed E-state index contributed by atoms with van der Waals surface area (Å²) in [6.07, 6.45) is 4.74. The van der Waals surface area contributed by atoms with Gasteiger partial charge in [0.1, 0.15) is 29.8 Å². The topological polar surface area (TPSA) is 139 Å². The Hall–Kier alpha value is -5.81. The zero-order chi connectivity index (χ0) is 33.0. The van der Waals surface area contributed by atoms with Gasteiger partial charge in [-0.2, -0.15) is 5.10 Å². The van der Waals surface area contributed by atoms with Gasteiger partial charge in [0.15, 0.2) is 0 Å². The minimum Gasteiger partial charge on any atom is -0.488 e. The maximum atomic E-state index is 13.4. The van der Waals surface area contributed by atoms with Crippen molar-refractivity contribution in [3.8, 4) is 11.4 Å². The van der Waals surface area contributed by atoms with Gasteiger partial charge in [-0.15, -0.1) is 0 Å². The summed E-state index contributed by atoms with van der Waals surface area (Å²) >= 11 is 0. The summed E-state index contributed by atoms with van der Waals surface area (Å²) < 4.78 is 8.01. The SMILES string of the molecule is Cc1ccc(-n2nc(C(C)(C)C)cc2NC(=O)Nc2ccc(OCc3ccnc(Nc4cnc(CO)cn4)c3)c3ccccc23)cc1. The van der Waals surface area contributed by atoms with E-state index in [0.29, 0.717) is 41.2 Å². The highest BCUT2D eigenvalue weighted by Crippen LogP contribution is 2.33. The van der Waals surface area contributed by atoms with Crippen LogP contribution in [0.3, 0.4) is 0 Å². The first-order valence-electron chi connectivity index (χ1n) is 15.2. The Kier molecular flexibility index (Phi) is 8.81. The first-order chi connectivity index (χ1) is 22.7. The van der Waals surface area contributed by atoms with Gasteiger partial charge < -0.3 is 20.5 Å². The molecule has 3 aromatic heterocycles. The van der Waals surface area contributed by atoms with Crippen LogP contribution in [0, 0.1) is 6.92 Å². The number of aryl methyl sites for hydroxylation is 1. The molecule has 0 fully saturated rings. The monoisotopic (exact) mass is 628 g/mol. The van der Waals surface area contributed by atoms with Gasteiger partial charge in [-0.1, -0.05) is 62.7 Å². The van der Waals surface area contributed by atoms with E-state index in [4.69, 9.17) is 9.84 Å². The minimum absolute atomic E-state index is 0.170. The van der Waals surface area contributed by atoms with Crippen LogP contribution in [-0.2, 0) is 18.6 Å². The molecule has 3 heterocycles. The summed E-state index contributed by atoms with van der Waals surface area (Å²) in [5, 5.41) is 24.8. The van der Waals surface area contributed by atoms with Crippen LogP contribution in [0.15, 0.2) is 97.5 Å². The van der Waals surface area contributed by atoms with Crippen molar-refractivity contribution in [2.75, 3.05) is 16.0 Å². The molecule has 47 heavy (non-hydrogen) atoms. The highest BCUT2D eigenvalue weighted by atomic mass is 16.5. The number of nitrogens with one attached hydrogen (secondary N) is 3. The molecule has 0 spiro atoms. The number of aliphatic hydroxyl groups excluding tert-OH is 1. The lowest BCUT2D eigenvalue weighted by Crippen LogP contribution is -2.21. The third-order valence-corrected chi connectivity index (χ3v) is 7.47. The van der Waals surface area contributed by atoms with Gasteiger partial charge in [-0.3, -0.25) is 10.3 Å². The number of aromatic nitrogens is 5. The number of fused-ring (bicyclic) bond motifs is 1. The number of hydrogen-bond acceptors (Lipinski definition) is 8. The first kappa shape index (κ1) is 31.2. The van der Waals surface area contributed by atoms with Crippen molar-refractivity contribution in [1.82, 2.24) is 24.7 Å². The first-order valence-corrected chi connectivity index (χ1v) is 15.2. The molecule has 11 heteroatoms. The van der Waals surface area contributed by atoms with Crippen LogP contribution in [0.5, 0.6) is 5.75 Å². The molecular formula is C36H36N8O3. The molecule has 0 saturated heterocycles. The summed E-state index contributed by atoms with van der Waals surface area (Å²) in [5.74, 6) is 2.35. The van der Waals surface area contributed by atoms with Crippen molar-refractivity contribution in [2.24, 2.45) is 0 Å². The molecule has 238 valence electrons. The Balaban J connectivity index is 1.17. The Bertz CT molecular complexity index is 2020.